The van der Waals surface area contributed by atoms with E-state index in [2.05, 4.69) is 29.3 Å². The minimum absolute atomic E-state index is 0.971. The lowest BCUT2D eigenvalue weighted by atomic mass is 9.98. The molecule has 1 aromatic heterocycles. The Balaban J connectivity index is 1.84. The van der Waals surface area contributed by atoms with E-state index >= 15 is 0 Å². The zero-order valence-electron chi connectivity index (χ0n) is 11.7. The molecule has 0 amide bonds. The maximum atomic E-state index is 3.22. The van der Waals surface area contributed by atoms with Crippen LogP contribution >= 0.6 is 11.3 Å². The maximum Gasteiger partial charge on any atom is 0.0328 e. The van der Waals surface area contributed by atoms with Crippen LogP contribution in [-0.4, -0.2) is 25.0 Å². The highest BCUT2D eigenvalue weighted by Crippen LogP contribution is 2.23. The van der Waals surface area contributed by atoms with Crippen molar-refractivity contribution in [2.24, 2.45) is 5.92 Å². The average Bonchev–Trinajstić information content (AvgIpc) is 2.68. The monoisotopic (exact) mass is 266 g/mol. The normalized spacial score (nSPS) is 22.0. The van der Waals surface area contributed by atoms with Crippen molar-refractivity contribution in [3.63, 3.8) is 0 Å². The maximum absolute atomic E-state index is 3.22. The van der Waals surface area contributed by atoms with Gasteiger partial charge in [0.15, 0.2) is 0 Å². The molecule has 0 spiro atoms. The molecule has 0 aliphatic carbocycles. The van der Waals surface area contributed by atoms with E-state index in [1.165, 1.54) is 48.5 Å². The second-order valence-electron chi connectivity index (χ2n) is 5.38. The van der Waals surface area contributed by atoms with Crippen LogP contribution in [0.25, 0.3) is 0 Å². The van der Waals surface area contributed by atoms with Crippen LogP contribution in [0.4, 0.5) is 0 Å². The Labute approximate surface area is 115 Å². The SMILES string of the molecule is CCC1CCCN(Cc2ccc(CNC)s2)CC1. The van der Waals surface area contributed by atoms with E-state index in [1.807, 2.05) is 18.4 Å². The molecule has 1 aliphatic heterocycles. The standard InChI is InChI=1S/C15H26N2S/c1-3-13-5-4-9-17(10-8-13)12-15-7-6-14(18-15)11-16-2/h6-7,13,16H,3-5,8-12H2,1-2H3. The van der Waals surface area contributed by atoms with E-state index in [-0.39, 0.29) is 0 Å². The van der Waals surface area contributed by atoms with Crippen molar-refractivity contribution in [3.05, 3.63) is 21.9 Å². The van der Waals surface area contributed by atoms with E-state index in [9.17, 15) is 0 Å². The molecule has 1 unspecified atom stereocenters. The van der Waals surface area contributed by atoms with Crippen LogP contribution in [0.2, 0.25) is 0 Å². The first kappa shape index (κ1) is 14.0. The summed E-state index contributed by atoms with van der Waals surface area (Å²) in [5.74, 6) is 0.971. The predicted octanol–water partition coefficient (Wildman–Crippen LogP) is 3.48. The highest BCUT2D eigenvalue weighted by molar-refractivity contribution is 7.11. The van der Waals surface area contributed by atoms with Gasteiger partial charge in [0.1, 0.15) is 0 Å². The van der Waals surface area contributed by atoms with Gasteiger partial charge in [0, 0.05) is 22.8 Å². The lowest BCUT2D eigenvalue weighted by molar-refractivity contribution is 0.274. The van der Waals surface area contributed by atoms with E-state index in [1.54, 1.807) is 0 Å². The summed E-state index contributed by atoms with van der Waals surface area (Å²) >= 11 is 1.96. The van der Waals surface area contributed by atoms with Crippen LogP contribution in [0.1, 0.15) is 42.4 Å². The van der Waals surface area contributed by atoms with Crippen molar-refractivity contribution in [1.82, 2.24) is 10.2 Å². The van der Waals surface area contributed by atoms with Gasteiger partial charge in [-0.15, -0.1) is 11.3 Å². The summed E-state index contributed by atoms with van der Waals surface area (Å²) in [7, 11) is 2.01. The third-order valence-corrected chi connectivity index (χ3v) is 5.04. The molecule has 18 heavy (non-hydrogen) atoms. The van der Waals surface area contributed by atoms with Gasteiger partial charge in [0.05, 0.1) is 0 Å². The summed E-state index contributed by atoms with van der Waals surface area (Å²) in [6.45, 7) is 7.07. The van der Waals surface area contributed by atoms with Crippen LogP contribution in [0.5, 0.6) is 0 Å². The molecule has 0 aromatic carbocycles. The molecule has 1 N–H and O–H groups in total. The van der Waals surface area contributed by atoms with Crippen LogP contribution in [0.15, 0.2) is 12.1 Å². The van der Waals surface area contributed by atoms with Gasteiger partial charge in [0.2, 0.25) is 0 Å². The second kappa shape index (κ2) is 7.27. The van der Waals surface area contributed by atoms with Gasteiger partial charge >= 0.3 is 0 Å². The lowest BCUT2D eigenvalue weighted by Gasteiger charge is -2.19. The zero-order chi connectivity index (χ0) is 12.8. The Morgan fingerprint density at radius 3 is 2.89 bits per heavy atom. The van der Waals surface area contributed by atoms with Gasteiger partial charge in [0.25, 0.3) is 0 Å². The van der Waals surface area contributed by atoms with Gasteiger partial charge in [-0.25, -0.2) is 0 Å². The Bertz CT molecular complexity index is 348. The van der Waals surface area contributed by atoms with Gasteiger partial charge in [-0.1, -0.05) is 13.3 Å². The number of likely N-dealkylation sites (tertiary alicyclic amines) is 1. The molecule has 3 heteroatoms. The molecule has 1 atom stereocenters. The molecule has 0 bridgehead atoms. The van der Waals surface area contributed by atoms with E-state index in [4.69, 9.17) is 0 Å². The highest BCUT2D eigenvalue weighted by atomic mass is 32.1. The Morgan fingerprint density at radius 2 is 2.11 bits per heavy atom. The van der Waals surface area contributed by atoms with E-state index < -0.39 is 0 Å². The molecular formula is C15H26N2S. The fourth-order valence-electron chi connectivity index (χ4n) is 2.79. The second-order valence-corrected chi connectivity index (χ2v) is 6.63. The Morgan fingerprint density at radius 1 is 1.28 bits per heavy atom. The first-order valence-corrected chi connectivity index (χ1v) is 8.08. The fraction of sp³-hybridized carbons (Fsp3) is 0.733. The van der Waals surface area contributed by atoms with Crippen molar-refractivity contribution >= 4 is 11.3 Å². The van der Waals surface area contributed by atoms with Crippen molar-refractivity contribution in [2.45, 2.75) is 45.7 Å². The summed E-state index contributed by atoms with van der Waals surface area (Å²) in [6.07, 6.45) is 5.57. The molecule has 1 aliphatic rings. The topological polar surface area (TPSA) is 15.3 Å². The molecule has 102 valence electrons. The van der Waals surface area contributed by atoms with Gasteiger partial charge < -0.3 is 5.32 Å². The number of rotatable bonds is 5. The summed E-state index contributed by atoms with van der Waals surface area (Å²) in [4.78, 5) is 5.62. The molecule has 1 saturated heterocycles. The average molecular weight is 266 g/mol. The number of hydrogen-bond acceptors (Lipinski definition) is 3. The van der Waals surface area contributed by atoms with Gasteiger partial charge in [-0.3, -0.25) is 4.90 Å². The van der Waals surface area contributed by atoms with Crippen LogP contribution in [-0.2, 0) is 13.1 Å². The quantitative estimate of drug-likeness (QED) is 0.878. The molecule has 2 heterocycles. The molecule has 0 radical (unpaired) electrons. The number of nitrogens with zero attached hydrogens (tertiary/aromatic N) is 1. The van der Waals surface area contributed by atoms with Crippen molar-refractivity contribution in [3.8, 4) is 0 Å². The number of nitrogens with one attached hydrogen (secondary N) is 1. The molecule has 2 nitrogen and oxygen atoms in total. The molecular weight excluding hydrogens is 240 g/mol. The van der Waals surface area contributed by atoms with Crippen molar-refractivity contribution in [2.75, 3.05) is 20.1 Å². The van der Waals surface area contributed by atoms with Crippen LogP contribution < -0.4 is 5.32 Å². The van der Waals surface area contributed by atoms with E-state index in [0.29, 0.717) is 0 Å². The van der Waals surface area contributed by atoms with Crippen molar-refractivity contribution in [1.29, 1.82) is 0 Å². The first-order chi connectivity index (χ1) is 8.81. The van der Waals surface area contributed by atoms with Gasteiger partial charge in [-0.2, -0.15) is 0 Å². The third-order valence-electron chi connectivity index (χ3n) is 3.97. The molecule has 1 aromatic rings. The molecule has 2 rings (SSSR count). The minimum atomic E-state index is 0.971. The predicted molar refractivity (Wildman–Crippen MR) is 80.0 cm³/mol. The minimum Gasteiger partial charge on any atom is -0.315 e. The fourth-order valence-corrected chi connectivity index (χ4v) is 3.86. The Kier molecular flexibility index (Phi) is 5.67. The Hall–Kier alpha value is -0.380. The van der Waals surface area contributed by atoms with E-state index in [0.717, 1.165) is 19.0 Å². The third kappa shape index (κ3) is 4.08. The summed E-state index contributed by atoms with van der Waals surface area (Å²) in [5, 5.41) is 3.22. The molecule has 1 fully saturated rings. The van der Waals surface area contributed by atoms with Crippen LogP contribution in [0.3, 0.4) is 0 Å². The molecule has 0 saturated carbocycles. The first-order valence-electron chi connectivity index (χ1n) is 7.26. The smallest absolute Gasteiger partial charge is 0.0328 e. The summed E-state index contributed by atoms with van der Waals surface area (Å²) in [5.41, 5.74) is 0. The largest absolute Gasteiger partial charge is 0.315 e. The summed E-state index contributed by atoms with van der Waals surface area (Å²) in [6, 6.07) is 4.57. The van der Waals surface area contributed by atoms with Crippen molar-refractivity contribution < 1.29 is 0 Å². The zero-order valence-corrected chi connectivity index (χ0v) is 12.6. The number of thiophene rings is 1. The van der Waals surface area contributed by atoms with Gasteiger partial charge in [-0.05, 0) is 57.5 Å². The van der Waals surface area contributed by atoms with Crippen LogP contribution in [0, 0.1) is 5.92 Å². The number of hydrogen-bond donors (Lipinski definition) is 1. The summed E-state index contributed by atoms with van der Waals surface area (Å²) < 4.78 is 0. The highest BCUT2D eigenvalue weighted by Gasteiger charge is 2.16. The lowest BCUT2D eigenvalue weighted by Crippen LogP contribution is -2.23.